The van der Waals surface area contributed by atoms with Crippen LogP contribution in [0, 0.1) is 6.92 Å². The van der Waals surface area contributed by atoms with E-state index in [1.165, 1.54) is 4.31 Å². The molecule has 0 spiro atoms. The molecule has 1 aliphatic heterocycles. The highest BCUT2D eigenvalue weighted by Crippen LogP contribution is 2.23. The Kier molecular flexibility index (Phi) is 3.70. The van der Waals surface area contributed by atoms with Crippen molar-refractivity contribution in [2.75, 3.05) is 13.1 Å². The maximum atomic E-state index is 12.3. The van der Waals surface area contributed by atoms with Crippen molar-refractivity contribution in [2.45, 2.75) is 18.2 Å². The summed E-state index contributed by atoms with van der Waals surface area (Å²) in [5.74, 6) is 0. The molecular weight excluding hydrogens is 302 g/mol. The topological polar surface area (TPSA) is 37.4 Å². The van der Waals surface area contributed by atoms with Crippen LogP contribution in [0.25, 0.3) is 0 Å². The molecule has 92 valence electrons. The SMILES string of the molecule is Cc1cc(S(=O)(=O)N2CC=CCC2)ccc1Br. The molecule has 0 N–H and O–H groups in total. The normalized spacial score (nSPS) is 17.3. The number of rotatable bonds is 2. The monoisotopic (exact) mass is 315 g/mol. The summed E-state index contributed by atoms with van der Waals surface area (Å²) in [6.07, 6.45) is 4.69. The van der Waals surface area contributed by atoms with Gasteiger partial charge in [-0.15, -0.1) is 0 Å². The van der Waals surface area contributed by atoms with E-state index in [0.29, 0.717) is 18.0 Å². The summed E-state index contributed by atoms with van der Waals surface area (Å²) in [6, 6.07) is 5.13. The third-order valence-electron chi connectivity index (χ3n) is 2.79. The number of aryl methyl sites for hydroxylation is 1. The minimum absolute atomic E-state index is 0.369. The summed E-state index contributed by atoms with van der Waals surface area (Å²) in [4.78, 5) is 0.369. The van der Waals surface area contributed by atoms with Gasteiger partial charge in [-0.3, -0.25) is 0 Å². The summed E-state index contributed by atoms with van der Waals surface area (Å²) < 4.78 is 27.1. The largest absolute Gasteiger partial charge is 0.243 e. The molecule has 1 aromatic carbocycles. The van der Waals surface area contributed by atoms with E-state index in [-0.39, 0.29) is 0 Å². The summed E-state index contributed by atoms with van der Waals surface area (Å²) in [6.45, 7) is 2.92. The third kappa shape index (κ3) is 2.61. The van der Waals surface area contributed by atoms with Gasteiger partial charge >= 0.3 is 0 Å². The molecule has 0 amide bonds. The van der Waals surface area contributed by atoms with Gasteiger partial charge in [-0.25, -0.2) is 8.42 Å². The Morgan fingerprint density at radius 3 is 2.65 bits per heavy atom. The summed E-state index contributed by atoms with van der Waals surface area (Å²) in [5, 5.41) is 0. The lowest BCUT2D eigenvalue weighted by Gasteiger charge is -2.23. The molecule has 17 heavy (non-hydrogen) atoms. The molecule has 0 saturated carbocycles. The first-order chi connectivity index (χ1) is 8.01. The van der Waals surface area contributed by atoms with Crippen LogP contribution >= 0.6 is 15.9 Å². The van der Waals surface area contributed by atoms with Gasteiger partial charge in [-0.1, -0.05) is 28.1 Å². The highest BCUT2D eigenvalue weighted by Gasteiger charge is 2.24. The molecule has 0 unspecified atom stereocenters. The first kappa shape index (κ1) is 12.8. The molecule has 0 aliphatic carbocycles. The van der Waals surface area contributed by atoms with Gasteiger partial charge in [-0.05, 0) is 37.1 Å². The Morgan fingerprint density at radius 1 is 1.29 bits per heavy atom. The van der Waals surface area contributed by atoms with E-state index < -0.39 is 10.0 Å². The fourth-order valence-corrected chi connectivity index (χ4v) is 3.50. The first-order valence-corrected chi connectivity index (χ1v) is 7.66. The van der Waals surface area contributed by atoms with Gasteiger partial charge in [0.15, 0.2) is 0 Å². The Morgan fingerprint density at radius 2 is 2.06 bits per heavy atom. The standard InChI is InChI=1S/C12H14BrNO2S/c1-10-9-11(5-6-12(10)13)17(15,16)14-7-3-2-4-8-14/h2-3,5-6,9H,4,7-8H2,1H3. The van der Waals surface area contributed by atoms with Gasteiger partial charge < -0.3 is 0 Å². The van der Waals surface area contributed by atoms with Crippen LogP contribution < -0.4 is 0 Å². The van der Waals surface area contributed by atoms with E-state index in [1.807, 2.05) is 19.1 Å². The maximum Gasteiger partial charge on any atom is 0.243 e. The van der Waals surface area contributed by atoms with E-state index in [2.05, 4.69) is 15.9 Å². The lowest BCUT2D eigenvalue weighted by atomic mass is 10.2. The maximum absolute atomic E-state index is 12.3. The average molecular weight is 316 g/mol. The number of benzene rings is 1. The summed E-state index contributed by atoms with van der Waals surface area (Å²) in [7, 11) is -3.34. The van der Waals surface area contributed by atoms with E-state index in [0.717, 1.165) is 16.5 Å². The predicted molar refractivity (Wildman–Crippen MR) is 71.4 cm³/mol. The van der Waals surface area contributed by atoms with Crippen molar-refractivity contribution < 1.29 is 8.42 Å². The zero-order valence-corrected chi connectivity index (χ0v) is 12.0. The molecule has 0 atom stereocenters. The molecule has 0 aromatic heterocycles. The zero-order chi connectivity index (χ0) is 12.5. The molecule has 0 bridgehead atoms. The smallest absolute Gasteiger partial charge is 0.207 e. The lowest BCUT2D eigenvalue weighted by molar-refractivity contribution is 0.437. The van der Waals surface area contributed by atoms with Crippen LogP contribution in [0.3, 0.4) is 0 Å². The average Bonchev–Trinajstić information content (AvgIpc) is 2.33. The highest BCUT2D eigenvalue weighted by atomic mass is 79.9. The van der Waals surface area contributed by atoms with Crippen molar-refractivity contribution in [2.24, 2.45) is 0 Å². The van der Waals surface area contributed by atoms with Crippen molar-refractivity contribution in [3.63, 3.8) is 0 Å². The Balaban J connectivity index is 2.37. The molecule has 1 aromatic rings. The fourth-order valence-electron chi connectivity index (χ4n) is 1.76. The molecule has 0 radical (unpaired) electrons. The second-order valence-corrected chi connectivity index (χ2v) is 6.83. The molecular formula is C12H14BrNO2S. The van der Waals surface area contributed by atoms with Gasteiger partial charge in [0.25, 0.3) is 0 Å². The first-order valence-electron chi connectivity index (χ1n) is 5.43. The quantitative estimate of drug-likeness (QED) is 0.787. The van der Waals surface area contributed by atoms with Crippen molar-refractivity contribution >= 4 is 26.0 Å². The molecule has 0 fully saturated rings. The van der Waals surface area contributed by atoms with Crippen LogP contribution in [0.5, 0.6) is 0 Å². The van der Waals surface area contributed by atoms with Gasteiger partial charge in [0.05, 0.1) is 4.90 Å². The van der Waals surface area contributed by atoms with Crippen LogP contribution in [0.4, 0.5) is 0 Å². The predicted octanol–water partition coefficient (Wildman–Crippen LogP) is 2.71. The van der Waals surface area contributed by atoms with Gasteiger partial charge in [0, 0.05) is 17.6 Å². The van der Waals surface area contributed by atoms with Crippen molar-refractivity contribution in [1.29, 1.82) is 0 Å². The van der Waals surface area contributed by atoms with Gasteiger partial charge in [-0.2, -0.15) is 4.31 Å². The van der Waals surface area contributed by atoms with Crippen molar-refractivity contribution in [1.82, 2.24) is 4.31 Å². The van der Waals surface area contributed by atoms with Gasteiger partial charge in [0.2, 0.25) is 10.0 Å². The van der Waals surface area contributed by atoms with Crippen LogP contribution in [0.15, 0.2) is 39.7 Å². The fraction of sp³-hybridized carbons (Fsp3) is 0.333. The molecule has 2 rings (SSSR count). The number of halogens is 1. The Bertz CT molecular complexity index is 552. The van der Waals surface area contributed by atoms with Crippen LogP contribution in [-0.2, 0) is 10.0 Å². The van der Waals surface area contributed by atoms with Crippen molar-refractivity contribution in [3.8, 4) is 0 Å². The van der Waals surface area contributed by atoms with Crippen LogP contribution in [0.1, 0.15) is 12.0 Å². The third-order valence-corrected chi connectivity index (χ3v) is 5.54. The molecule has 3 nitrogen and oxygen atoms in total. The summed E-state index contributed by atoms with van der Waals surface area (Å²) >= 11 is 3.37. The number of nitrogens with zero attached hydrogens (tertiary/aromatic N) is 1. The zero-order valence-electron chi connectivity index (χ0n) is 9.56. The van der Waals surface area contributed by atoms with E-state index in [4.69, 9.17) is 0 Å². The number of sulfonamides is 1. The number of hydrogen-bond acceptors (Lipinski definition) is 2. The van der Waals surface area contributed by atoms with Crippen molar-refractivity contribution in [3.05, 3.63) is 40.4 Å². The minimum atomic E-state index is -3.34. The molecule has 1 aliphatic rings. The van der Waals surface area contributed by atoms with Crippen LogP contribution in [0.2, 0.25) is 0 Å². The summed E-state index contributed by atoms with van der Waals surface area (Å²) in [5.41, 5.74) is 0.929. The van der Waals surface area contributed by atoms with Crippen LogP contribution in [-0.4, -0.2) is 25.8 Å². The van der Waals surface area contributed by atoms with E-state index in [9.17, 15) is 8.42 Å². The lowest BCUT2D eigenvalue weighted by Crippen LogP contribution is -2.33. The van der Waals surface area contributed by atoms with E-state index in [1.54, 1.807) is 18.2 Å². The molecule has 1 heterocycles. The second-order valence-electron chi connectivity index (χ2n) is 4.03. The second kappa shape index (κ2) is 4.92. The molecule has 0 saturated heterocycles. The van der Waals surface area contributed by atoms with E-state index >= 15 is 0 Å². The molecule has 5 heteroatoms. The van der Waals surface area contributed by atoms with Gasteiger partial charge in [0.1, 0.15) is 0 Å². The number of hydrogen-bond donors (Lipinski definition) is 0. The minimum Gasteiger partial charge on any atom is -0.207 e. The Hall–Kier alpha value is -0.650. The Labute approximate surface area is 110 Å². The highest BCUT2D eigenvalue weighted by molar-refractivity contribution is 9.10.